The number of hydrogen-bond donors (Lipinski definition) is 0. The van der Waals surface area contributed by atoms with Crippen LogP contribution >= 0.6 is 0 Å². The van der Waals surface area contributed by atoms with Crippen molar-refractivity contribution >= 4 is 11.6 Å². The highest BCUT2D eigenvalue weighted by Gasteiger charge is 2.17. The molecule has 7 nitrogen and oxygen atoms in total. The minimum atomic E-state index is -0.395. The average molecular weight is 361 g/mol. The number of aromatic nitrogens is 5. The molecule has 0 bridgehead atoms. The van der Waals surface area contributed by atoms with Gasteiger partial charge in [0, 0.05) is 36.3 Å². The van der Waals surface area contributed by atoms with Crippen LogP contribution in [-0.2, 0) is 11.8 Å². The fraction of sp³-hybridized carbons (Fsp3) is 0.200. The van der Waals surface area contributed by atoms with E-state index < -0.39 is 5.97 Å². The van der Waals surface area contributed by atoms with Crippen molar-refractivity contribution in [1.29, 1.82) is 0 Å². The van der Waals surface area contributed by atoms with E-state index in [0.29, 0.717) is 17.9 Å². The second-order valence-corrected chi connectivity index (χ2v) is 6.24. The second kappa shape index (κ2) is 6.68. The van der Waals surface area contributed by atoms with Gasteiger partial charge in [-0.3, -0.25) is 14.1 Å². The number of nitrogens with zero attached hydrogens (tertiary/aromatic N) is 5. The molecule has 136 valence electrons. The molecule has 0 saturated carbocycles. The van der Waals surface area contributed by atoms with Crippen molar-refractivity contribution in [2.24, 2.45) is 7.05 Å². The molecule has 0 aliphatic heterocycles. The van der Waals surface area contributed by atoms with Gasteiger partial charge in [-0.15, -0.1) is 0 Å². The average Bonchev–Trinajstić information content (AvgIpc) is 3.25. The van der Waals surface area contributed by atoms with Crippen LogP contribution in [0, 0.1) is 6.92 Å². The number of carbonyl (C=O) groups is 1. The fourth-order valence-corrected chi connectivity index (χ4v) is 3.06. The van der Waals surface area contributed by atoms with Crippen molar-refractivity contribution < 1.29 is 9.53 Å². The molecular weight excluding hydrogens is 342 g/mol. The van der Waals surface area contributed by atoms with Crippen LogP contribution in [0.4, 0.5) is 0 Å². The van der Waals surface area contributed by atoms with E-state index in [1.165, 1.54) is 6.20 Å². The highest BCUT2D eigenvalue weighted by atomic mass is 16.5. The number of esters is 1. The van der Waals surface area contributed by atoms with E-state index in [-0.39, 0.29) is 0 Å². The molecule has 0 N–H and O–H groups in total. The Bertz CT molecular complexity index is 1140. The van der Waals surface area contributed by atoms with E-state index in [1.54, 1.807) is 16.0 Å². The van der Waals surface area contributed by atoms with Gasteiger partial charge in [0.2, 0.25) is 0 Å². The molecule has 0 radical (unpaired) electrons. The topological polar surface area (TPSA) is 74.3 Å². The molecule has 0 aliphatic rings. The van der Waals surface area contributed by atoms with E-state index in [0.717, 1.165) is 28.2 Å². The summed E-state index contributed by atoms with van der Waals surface area (Å²) in [6.07, 6.45) is 5.36. The first-order valence-corrected chi connectivity index (χ1v) is 8.69. The van der Waals surface area contributed by atoms with E-state index in [9.17, 15) is 4.79 Å². The summed E-state index contributed by atoms with van der Waals surface area (Å²) in [6, 6.07) is 9.70. The molecule has 4 rings (SSSR count). The first-order valence-electron chi connectivity index (χ1n) is 8.69. The largest absolute Gasteiger partial charge is 0.461 e. The van der Waals surface area contributed by atoms with Gasteiger partial charge in [-0.05, 0) is 38.1 Å². The van der Waals surface area contributed by atoms with Crippen LogP contribution in [0.25, 0.3) is 28.2 Å². The maximum atomic E-state index is 12.2. The Morgan fingerprint density at radius 2 is 2.04 bits per heavy atom. The third-order valence-corrected chi connectivity index (χ3v) is 4.26. The number of pyridine rings is 2. The van der Waals surface area contributed by atoms with Crippen molar-refractivity contribution in [1.82, 2.24) is 24.1 Å². The molecule has 0 aliphatic carbocycles. The van der Waals surface area contributed by atoms with Gasteiger partial charge in [0.15, 0.2) is 5.69 Å². The Morgan fingerprint density at radius 3 is 2.81 bits per heavy atom. The maximum Gasteiger partial charge on any atom is 0.356 e. The molecule has 0 aromatic carbocycles. The number of imidazole rings is 1. The van der Waals surface area contributed by atoms with E-state index in [1.807, 2.05) is 56.7 Å². The Balaban J connectivity index is 1.86. The lowest BCUT2D eigenvalue weighted by Crippen LogP contribution is -2.07. The van der Waals surface area contributed by atoms with Gasteiger partial charge in [-0.25, -0.2) is 9.78 Å². The van der Waals surface area contributed by atoms with Gasteiger partial charge in [-0.1, -0.05) is 6.07 Å². The van der Waals surface area contributed by atoms with Crippen LogP contribution in [-0.4, -0.2) is 36.7 Å². The molecule has 4 aromatic rings. The highest BCUT2D eigenvalue weighted by Crippen LogP contribution is 2.30. The van der Waals surface area contributed by atoms with Crippen LogP contribution in [0.3, 0.4) is 0 Å². The summed E-state index contributed by atoms with van der Waals surface area (Å²) in [5, 5.41) is 4.59. The Kier molecular flexibility index (Phi) is 4.19. The summed E-state index contributed by atoms with van der Waals surface area (Å²) in [7, 11) is 1.88. The van der Waals surface area contributed by atoms with Crippen molar-refractivity contribution in [2.75, 3.05) is 6.61 Å². The predicted molar refractivity (Wildman–Crippen MR) is 101 cm³/mol. The lowest BCUT2D eigenvalue weighted by atomic mass is 10.1. The zero-order valence-electron chi connectivity index (χ0n) is 15.4. The van der Waals surface area contributed by atoms with E-state index >= 15 is 0 Å². The molecule has 7 heteroatoms. The van der Waals surface area contributed by atoms with Gasteiger partial charge in [0.05, 0.1) is 18.5 Å². The number of ether oxygens (including phenoxy) is 1. The van der Waals surface area contributed by atoms with Crippen molar-refractivity contribution in [2.45, 2.75) is 13.8 Å². The monoisotopic (exact) mass is 361 g/mol. The second-order valence-electron chi connectivity index (χ2n) is 6.24. The van der Waals surface area contributed by atoms with Crippen LogP contribution < -0.4 is 0 Å². The molecular formula is C20H19N5O2. The molecule has 0 fully saturated rings. The molecule has 0 saturated heterocycles. The van der Waals surface area contributed by atoms with Gasteiger partial charge in [-0.2, -0.15) is 5.10 Å². The van der Waals surface area contributed by atoms with Gasteiger partial charge in [0.25, 0.3) is 0 Å². The van der Waals surface area contributed by atoms with Gasteiger partial charge < -0.3 is 4.74 Å². The zero-order valence-corrected chi connectivity index (χ0v) is 15.4. The first kappa shape index (κ1) is 17.0. The minimum Gasteiger partial charge on any atom is -0.461 e. The highest BCUT2D eigenvalue weighted by molar-refractivity contribution is 5.89. The summed E-state index contributed by atoms with van der Waals surface area (Å²) in [4.78, 5) is 21.1. The van der Waals surface area contributed by atoms with E-state index in [2.05, 4.69) is 15.1 Å². The molecule has 4 heterocycles. The third kappa shape index (κ3) is 3.08. The standard InChI is InChI=1S/C20H19N5O2/c1-4-27-20(26)17-10-21-18-9-8-14(11-25(17)18)15-12-24(3)23-19(15)16-7-5-6-13(2)22-16/h5-12H,4H2,1-3H3. The lowest BCUT2D eigenvalue weighted by molar-refractivity contribution is 0.0518. The SMILES string of the molecule is CCOC(=O)c1cnc2ccc(-c3cn(C)nc3-c3cccc(C)n3)cn12. The molecule has 0 spiro atoms. The molecule has 0 unspecified atom stereocenters. The third-order valence-electron chi connectivity index (χ3n) is 4.26. The summed E-state index contributed by atoms with van der Waals surface area (Å²) < 4.78 is 8.63. The van der Waals surface area contributed by atoms with Crippen molar-refractivity contribution in [3.05, 3.63) is 60.3 Å². The number of carbonyl (C=O) groups excluding carboxylic acids is 1. The Hall–Kier alpha value is -3.48. The molecule has 0 atom stereocenters. The zero-order chi connectivity index (χ0) is 19.0. The fourth-order valence-electron chi connectivity index (χ4n) is 3.06. The van der Waals surface area contributed by atoms with Crippen LogP contribution in [0.15, 0.2) is 48.9 Å². The molecule has 4 aromatic heterocycles. The first-order chi connectivity index (χ1) is 13.1. The van der Waals surface area contributed by atoms with Crippen molar-refractivity contribution in [3.8, 4) is 22.5 Å². The van der Waals surface area contributed by atoms with E-state index in [4.69, 9.17) is 4.74 Å². The predicted octanol–water partition coefficient (Wildman–Crippen LogP) is 3.28. The summed E-state index contributed by atoms with van der Waals surface area (Å²) in [5.74, 6) is -0.395. The van der Waals surface area contributed by atoms with Crippen molar-refractivity contribution in [3.63, 3.8) is 0 Å². The van der Waals surface area contributed by atoms with Gasteiger partial charge in [0.1, 0.15) is 11.3 Å². The molecule has 27 heavy (non-hydrogen) atoms. The number of rotatable bonds is 4. The Morgan fingerprint density at radius 1 is 1.19 bits per heavy atom. The summed E-state index contributed by atoms with van der Waals surface area (Å²) in [6.45, 7) is 4.05. The number of fused-ring (bicyclic) bond motifs is 1. The van der Waals surface area contributed by atoms with Crippen LogP contribution in [0.1, 0.15) is 23.1 Å². The van der Waals surface area contributed by atoms with Crippen LogP contribution in [0.2, 0.25) is 0 Å². The lowest BCUT2D eigenvalue weighted by Gasteiger charge is -2.06. The molecule has 0 amide bonds. The maximum absolute atomic E-state index is 12.2. The Labute approximate surface area is 156 Å². The summed E-state index contributed by atoms with van der Waals surface area (Å²) in [5.41, 5.74) is 5.45. The number of aryl methyl sites for hydroxylation is 2. The quantitative estimate of drug-likeness (QED) is 0.522. The van der Waals surface area contributed by atoms with Gasteiger partial charge >= 0.3 is 5.97 Å². The van der Waals surface area contributed by atoms with Crippen LogP contribution in [0.5, 0.6) is 0 Å². The summed E-state index contributed by atoms with van der Waals surface area (Å²) >= 11 is 0. The smallest absolute Gasteiger partial charge is 0.356 e. The number of hydrogen-bond acceptors (Lipinski definition) is 5. The minimum absolute atomic E-state index is 0.317. The normalized spacial score (nSPS) is 11.1.